The molecule has 3 nitrogen and oxygen atoms in total. The molecule has 0 unspecified atom stereocenters. The molecule has 0 bridgehead atoms. The Morgan fingerprint density at radius 1 is 0.277 bits per heavy atom. The van der Waals surface area contributed by atoms with Crippen LogP contribution in [0.5, 0.6) is 0 Å². The molecule has 0 N–H and O–H groups in total. The van der Waals surface area contributed by atoms with Crippen LogP contribution in [-0.2, 0) is 0 Å². The summed E-state index contributed by atoms with van der Waals surface area (Å²) in [6, 6.07) is 83.3. The summed E-state index contributed by atoms with van der Waals surface area (Å²) in [5, 5.41) is 9.64. The third-order valence-corrected chi connectivity index (χ3v) is 13.2. The maximum atomic E-state index is 5.25. The predicted octanol–water partition coefficient (Wildman–Crippen LogP) is 16.5. The fourth-order valence-corrected chi connectivity index (χ4v) is 9.96. The van der Waals surface area contributed by atoms with E-state index in [0.717, 1.165) is 49.9 Å². The minimum Gasteiger partial charge on any atom is -0.309 e. The van der Waals surface area contributed by atoms with Gasteiger partial charge in [0.15, 0.2) is 0 Å². The molecule has 0 aliphatic heterocycles. The Kier molecular flexibility index (Phi) is 8.53. The van der Waals surface area contributed by atoms with Gasteiger partial charge >= 0.3 is 0 Å². The van der Waals surface area contributed by atoms with Crippen molar-refractivity contribution in [3.8, 4) is 61.5 Å². The van der Waals surface area contributed by atoms with Crippen molar-refractivity contribution in [2.24, 2.45) is 0 Å². The van der Waals surface area contributed by atoms with Crippen LogP contribution >= 0.6 is 0 Å². The predicted molar refractivity (Wildman–Crippen MR) is 274 cm³/mol. The van der Waals surface area contributed by atoms with Crippen LogP contribution in [0.2, 0.25) is 0 Å². The number of fused-ring (bicyclic) bond motifs is 10. The number of hydrogen-bond acceptors (Lipinski definition) is 2. The molecule has 65 heavy (non-hydrogen) atoms. The van der Waals surface area contributed by atoms with Gasteiger partial charge in [0.1, 0.15) is 0 Å². The van der Waals surface area contributed by atoms with E-state index >= 15 is 0 Å². The summed E-state index contributed by atoms with van der Waals surface area (Å²) in [7, 11) is 0. The number of hydrogen-bond donors (Lipinski definition) is 0. The summed E-state index contributed by atoms with van der Waals surface area (Å²) in [4.78, 5) is 10.3. The number of nitrogens with zero attached hydrogens (tertiary/aromatic N) is 3. The highest BCUT2D eigenvalue weighted by molar-refractivity contribution is 6.23. The third kappa shape index (κ3) is 6.28. The summed E-state index contributed by atoms with van der Waals surface area (Å²) in [6.07, 6.45) is 1.92. The maximum Gasteiger partial charge on any atom is 0.0979 e. The fraction of sp³-hybridized carbons (Fsp3) is 0. The molecule has 302 valence electrons. The molecular weight excluding hydrogens is 787 g/mol. The summed E-state index contributed by atoms with van der Waals surface area (Å²) in [5.41, 5.74) is 16.8. The highest BCUT2D eigenvalue weighted by atomic mass is 15.0. The Morgan fingerprint density at radius 2 is 0.754 bits per heavy atom. The highest BCUT2D eigenvalue weighted by Gasteiger charge is 2.16. The number of rotatable bonds is 6. The molecule has 13 rings (SSSR count). The van der Waals surface area contributed by atoms with E-state index in [2.05, 4.69) is 235 Å². The molecule has 3 heteroatoms. The number of aromatic nitrogens is 3. The molecule has 0 atom stereocenters. The number of para-hydroxylation sites is 1. The molecule has 0 aliphatic rings. The first kappa shape index (κ1) is 36.9. The molecule has 2 aromatic heterocycles. The van der Waals surface area contributed by atoms with Crippen LogP contribution in [-0.4, -0.2) is 14.5 Å². The van der Waals surface area contributed by atoms with Crippen LogP contribution in [0, 0.1) is 0 Å². The average Bonchev–Trinajstić information content (AvgIpc) is 3.72. The van der Waals surface area contributed by atoms with E-state index in [4.69, 9.17) is 9.97 Å². The highest BCUT2D eigenvalue weighted by Crippen LogP contribution is 2.38. The van der Waals surface area contributed by atoms with Crippen LogP contribution in [0.25, 0.3) is 127 Å². The normalized spacial score (nSPS) is 11.7. The molecule has 0 spiro atoms. The standard InChI is InChI=1S/C62H39N3/c1-2-12-44-36-48(28-27-40(44)11-1)43-29-32-51(33-30-43)65-59-22-8-7-19-54(59)57-38-49(31-34-60(57)65)47-15-9-13-45(35-47)41-23-25-42(26-24-41)46-14-10-16-50(37-46)58-39-63-61-55-20-5-3-17-52(55)53-18-4-6-21-56(53)62(61)64-58/h1-39H. The molecular formula is C62H39N3. The molecule has 0 fully saturated rings. The van der Waals surface area contributed by atoms with E-state index in [1.54, 1.807) is 0 Å². The first-order valence-corrected chi connectivity index (χ1v) is 22.2. The topological polar surface area (TPSA) is 30.7 Å². The lowest BCUT2D eigenvalue weighted by molar-refractivity contribution is 1.18. The zero-order valence-electron chi connectivity index (χ0n) is 35.4. The first-order chi connectivity index (χ1) is 32.2. The smallest absolute Gasteiger partial charge is 0.0979 e. The molecule has 0 saturated heterocycles. The van der Waals surface area contributed by atoms with Crippen molar-refractivity contribution in [2.75, 3.05) is 0 Å². The van der Waals surface area contributed by atoms with Crippen molar-refractivity contribution in [1.82, 2.24) is 14.5 Å². The van der Waals surface area contributed by atoms with Crippen molar-refractivity contribution >= 4 is 65.2 Å². The lowest BCUT2D eigenvalue weighted by Gasteiger charge is -2.11. The van der Waals surface area contributed by atoms with Gasteiger partial charge in [-0.2, -0.15) is 0 Å². The fourth-order valence-electron chi connectivity index (χ4n) is 9.96. The minimum absolute atomic E-state index is 0.863. The zero-order valence-corrected chi connectivity index (χ0v) is 35.4. The van der Waals surface area contributed by atoms with Gasteiger partial charge in [0, 0.05) is 32.8 Å². The van der Waals surface area contributed by atoms with Gasteiger partial charge in [0.25, 0.3) is 0 Å². The molecule has 2 heterocycles. The molecule has 0 aliphatic carbocycles. The van der Waals surface area contributed by atoms with E-state index in [-0.39, 0.29) is 0 Å². The summed E-state index contributed by atoms with van der Waals surface area (Å²) in [6.45, 7) is 0. The van der Waals surface area contributed by atoms with Crippen LogP contribution in [0.1, 0.15) is 0 Å². The molecule has 0 saturated carbocycles. The Bertz CT molecular complexity index is 3960. The molecule has 11 aromatic carbocycles. The Labute approximate surface area is 376 Å². The van der Waals surface area contributed by atoms with E-state index in [1.807, 2.05) is 6.20 Å². The Hall–Kier alpha value is -8.66. The second-order valence-electron chi connectivity index (χ2n) is 17.0. The zero-order chi connectivity index (χ0) is 42.8. The van der Waals surface area contributed by atoms with Crippen LogP contribution in [0.3, 0.4) is 0 Å². The van der Waals surface area contributed by atoms with Gasteiger partial charge in [-0.3, -0.25) is 4.98 Å². The minimum atomic E-state index is 0.863. The van der Waals surface area contributed by atoms with Crippen molar-refractivity contribution in [3.63, 3.8) is 0 Å². The van der Waals surface area contributed by atoms with Crippen molar-refractivity contribution in [2.45, 2.75) is 0 Å². The summed E-state index contributed by atoms with van der Waals surface area (Å²) in [5.74, 6) is 0. The van der Waals surface area contributed by atoms with Crippen molar-refractivity contribution in [1.29, 1.82) is 0 Å². The van der Waals surface area contributed by atoms with E-state index in [1.165, 1.54) is 76.7 Å². The van der Waals surface area contributed by atoms with Gasteiger partial charge in [-0.15, -0.1) is 0 Å². The third-order valence-electron chi connectivity index (χ3n) is 13.2. The quantitative estimate of drug-likeness (QED) is 0.156. The van der Waals surface area contributed by atoms with Gasteiger partial charge in [0.05, 0.1) is 34.0 Å². The van der Waals surface area contributed by atoms with Crippen molar-refractivity contribution < 1.29 is 0 Å². The van der Waals surface area contributed by atoms with Gasteiger partial charge in [0.2, 0.25) is 0 Å². The lowest BCUT2D eigenvalue weighted by Crippen LogP contribution is -1.93. The molecule has 0 radical (unpaired) electrons. The SMILES string of the molecule is c1cc(-c2ccc(-c3cccc(-c4cnc5c6ccccc6c6ccccc6c5n4)c3)cc2)cc(-c2ccc3c(c2)c2ccccc2n3-c2ccc(-c3ccc4ccccc4c3)cc2)c1. The lowest BCUT2D eigenvalue weighted by atomic mass is 9.96. The summed E-state index contributed by atoms with van der Waals surface area (Å²) < 4.78 is 2.39. The van der Waals surface area contributed by atoms with Gasteiger partial charge in [-0.1, -0.05) is 182 Å². The van der Waals surface area contributed by atoms with Crippen LogP contribution < -0.4 is 0 Å². The molecule has 13 aromatic rings. The first-order valence-electron chi connectivity index (χ1n) is 22.2. The second-order valence-corrected chi connectivity index (χ2v) is 17.0. The van der Waals surface area contributed by atoms with E-state index in [0.29, 0.717) is 0 Å². The number of benzene rings is 11. The van der Waals surface area contributed by atoms with Gasteiger partial charge in [-0.25, -0.2) is 4.98 Å². The largest absolute Gasteiger partial charge is 0.309 e. The van der Waals surface area contributed by atoms with Crippen LogP contribution in [0.15, 0.2) is 237 Å². The monoisotopic (exact) mass is 825 g/mol. The van der Waals surface area contributed by atoms with Crippen LogP contribution in [0.4, 0.5) is 0 Å². The second kappa shape index (κ2) is 15.0. The van der Waals surface area contributed by atoms with Crippen molar-refractivity contribution in [3.05, 3.63) is 237 Å². The molecule has 0 amide bonds. The Balaban J connectivity index is 0.798. The van der Waals surface area contributed by atoms with Gasteiger partial charge < -0.3 is 4.57 Å². The summed E-state index contributed by atoms with van der Waals surface area (Å²) >= 11 is 0. The maximum absolute atomic E-state index is 5.25. The average molecular weight is 826 g/mol. The van der Waals surface area contributed by atoms with E-state index < -0.39 is 0 Å². The van der Waals surface area contributed by atoms with E-state index in [9.17, 15) is 0 Å². The van der Waals surface area contributed by atoms with Gasteiger partial charge in [-0.05, 0) is 115 Å². The Morgan fingerprint density at radius 3 is 1.46 bits per heavy atom.